The molecule has 0 heterocycles. The molecule has 0 aliphatic heterocycles. The molecule has 116 valence electrons. The predicted octanol–water partition coefficient (Wildman–Crippen LogP) is 4.71. The number of aliphatic hydroxyl groups excluding tert-OH is 1. The van der Waals surface area contributed by atoms with Crippen LogP contribution in [0.5, 0.6) is 0 Å². The van der Waals surface area contributed by atoms with Gasteiger partial charge in [0, 0.05) is 0 Å². The smallest absolute Gasteiger partial charge is 0.0583 e. The second-order valence-corrected chi connectivity index (χ2v) is 8.48. The molecule has 1 aromatic rings. The van der Waals surface area contributed by atoms with Crippen LogP contribution in [0.25, 0.3) is 0 Å². The van der Waals surface area contributed by atoms with E-state index in [-0.39, 0.29) is 11.5 Å². The summed E-state index contributed by atoms with van der Waals surface area (Å²) in [7, 11) is 0. The molecule has 4 unspecified atom stereocenters. The molecule has 2 saturated carbocycles. The van der Waals surface area contributed by atoms with E-state index in [4.69, 9.17) is 0 Å². The Morgan fingerprint density at radius 3 is 2.33 bits per heavy atom. The van der Waals surface area contributed by atoms with Crippen LogP contribution in [0.4, 0.5) is 0 Å². The molecular formula is C20H30O. The number of hydrogen-bond donors (Lipinski definition) is 1. The molecule has 1 nitrogen and oxygen atoms in total. The molecule has 0 radical (unpaired) electrons. The molecule has 2 aliphatic carbocycles. The van der Waals surface area contributed by atoms with Gasteiger partial charge in [-0.2, -0.15) is 0 Å². The first-order valence-electron chi connectivity index (χ1n) is 8.69. The third-order valence-electron chi connectivity index (χ3n) is 5.75. The lowest BCUT2D eigenvalue weighted by molar-refractivity contribution is 0.124. The van der Waals surface area contributed by atoms with Gasteiger partial charge >= 0.3 is 0 Å². The molecule has 2 bridgehead atoms. The molecule has 1 aromatic carbocycles. The number of hydrogen-bond acceptors (Lipinski definition) is 1. The van der Waals surface area contributed by atoms with Gasteiger partial charge < -0.3 is 5.11 Å². The van der Waals surface area contributed by atoms with Gasteiger partial charge in [0.15, 0.2) is 0 Å². The largest absolute Gasteiger partial charge is 0.393 e. The third-order valence-corrected chi connectivity index (χ3v) is 5.75. The van der Waals surface area contributed by atoms with Crippen molar-refractivity contribution in [2.24, 2.45) is 17.8 Å². The lowest BCUT2D eigenvalue weighted by atomic mass is 9.83. The highest BCUT2D eigenvalue weighted by atomic mass is 16.3. The lowest BCUT2D eigenvalue weighted by Gasteiger charge is -2.24. The summed E-state index contributed by atoms with van der Waals surface area (Å²) in [4.78, 5) is 0. The summed E-state index contributed by atoms with van der Waals surface area (Å²) in [6, 6.07) is 8.84. The first-order chi connectivity index (χ1) is 9.91. The van der Waals surface area contributed by atoms with Crippen molar-refractivity contribution < 1.29 is 5.11 Å². The minimum absolute atomic E-state index is 0.158. The normalized spacial score (nSPS) is 29.8. The average molecular weight is 286 g/mol. The van der Waals surface area contributed by atoms with E-state index in [0.29, 0.717) is 0 Å². The van der Waals surface area contributed by atoms with Crippen LogP contribution in [0.2, 0.25) is 0 Å². The van der Waals surface area contributed by atoms with Crippen LogP contribution in [0.3, 0.4) is 0 Å². The number of fused-ring (bicyclic) bond motifs is 2. The van der Waals surface area contributed by atoms with E-state index in [0.717, 1.165) is 30.6 Å². The van der Waals surface area contributed by atoms with Crippen LogP contribution >= 0.6 is 0 Å². The molecular weight excluding hydrogens is 256 g/mol. The van der Waals surface area contributed by atoms with Crippen molar-refractivity contribution >= 4 is 0 Å². The Kier molecular flexibility index (Phi) is 4.14. The Morgan fingerprint density at radius 2 is 1.81 bits per heavy atom. The molecule has 0 amide bonds. The summed E-state index contributed by atoms with van der Waals surface area (Å²) in [5, 5.41) is 10.4. The Bertz CT molecular complexity index is 468. The number of rotatable bonds is 4. The van der Waals surface area contributed by atoms with E-state index >= 15 is 0 Å². The molecule has 0 saturated heterocycles. The number of aliphatic hydroxyl groups is 1. The Morgan fingerprint density at radius 1 is 1.10 bits per heavy atom. The summed E-state index contributed by atoms with van der Waals surface area (Å²) in [6.07, 6.45) is 7.37. The second-order valence-electron chi connectivity index (χ2n) is 8.48. The summed E-state index contributed by atoms with van der Waals surface area (Å²) in [6.45, 7) is 6.73. The van der Waals surface area contributed by atoms with Gasteiger partial charge in [0.05, 0.1) is 6.10 Å². The van der Waals surface area contributed by atoms with Crippen molar-refractivity contribution in [1.82, 2.24) is 0 Å². The Hall–Kier alpha value is -0.820. The van der Waals surface area contributed by atoms with Crippen molar-refractivity contribution in [3.8, 4) is 0 Å². The standard InChI is InChI=1S/C20H30O/c1-20(2,3)18-8-5-14(6-9-18)12-19(21)13-17-11-15-4-7-16(17)10-15/h5-6,8-9,15-17,19,21H,4,7,10-13H2,1-3H3. The van der Waals surface area contributed by atoms with Crippen LogP contribution in [0.1, 0.15) is 64.0 Å². The number of benzene rings is 1. The summed E-state index contributed by atoms with van der Waals surface area (Å²) in [5.41, 5.74) is 2.85. The molecule has 0 aromatic heterocycles. The second kappa shape index (κ2) is 5.76. The van der Waals surface area contributed by atoms with Crippen molar-refractivity contribution in [2.75, 3.05) is 0 Å². The van der Waals surface area contributed by atoms with Crippen LogP contribution in [-0.4, -0.2) is 11.2 Å². The van der Waals surface area contributed by atoms with Gasteiger partial charge in [-0.25, -0.2) is 0 Å². The minimum Gasteiger partial charge on any atom is -0.393 e. The fourth-order valence-electron chi connectivity index (χ4n) is 4.51. The van der Waals surface area contributed by atoms with Gasteiger partial charge in [-0.1, -0.05) is 51.5 Å². The van der Waals surface area contributed by atoms with E-state index in [1.807, 2.05) is 0 Å². The van der Waals surface area contributed by atoms with Crippen LogP contribution < -0.4 is 0 Å². The fourth-order valence-corrected chi connectivity index (χ4v) is 4.51. The Labute approximate surface area is 129 Å². The van der Waals surface area contributed by atoms with E-state index < -0.39 is 0 Å². The van der Waals surface area contributed by atoms with E-state index in [2.05, 4.69) is 45.0 Å². The Balaban J connectivity index is 1.54. The monoisotopic (exact) mass is 286 g/mol. The van der Waals surface area contributed by atoms with Gasteiger partial charge in [0.25, 0.3) is 0 Å². The highest BCUT2D eigenvalue weighted by molar-refractivity contribution is 5.27. The molecule has 2 aliphatic rings. The zero-order valence-electron chi connectivity index (χ0n) is 13.8. The van der Waals surface area contributed by atoms with Gasteiger partial charge in [-0.15, -0.1) is 0 Å². The first kappa shape index (κ1) is 15.1. The molecule has 1 N–H and O–H groups in total. The van der Waals surface area contributed by atoms with Crippen molar-refractivity contribution in [1.29, 1.82) is 0 Å². The summed E-state index contributed by atoms with van der Waals surface area (Å²) in [5.74, 6) is 2.71. The highest BCUT2D eigenvalue weighted by Crippen LogP contribution is 2.49. The quantitative estimate of drug-likeness (QED) is 0.849. The molecule has 2 fully saturated rings. The molecule has 21 heavy (non-hydrogen) atoms. The van der Waals surface area contributed by atoms with Crippen molar-refractivity contribution in [3.63, 3.8) is 0 Å². The maximum Gasteiger partial charge on any atom is 0.0583 e. The molecule has 1 heteroatoms. The minimum atomic E-state index is -0.158. The first-order valence-corrected chi connectivity index (χ1v) is 8.69. The summed E-state index contributed by atoms with van der Waals surface area (Å²) < 4.78 is 0. The fraction of sp³-hybridized carbons (Fsp3) is 0.700. The van der Waals surface area contributed by atoms with Crippen LogP contribution in [0.15, 0.2) is 24.3 Å². The maximum absolute atomic E-state index is 10.4. The zero-order chi connectivity index (χ0) is 15.0. The molecule has 4 atom stereocenters. The van der Waals surface area contributed by atoms with E-state index in [1.54, 1.807) is 0 Å². The predicted molar refractivity (Wildman–Crippen MR) is 88.4 cm³/mol. The van der Waals surface area contributed by atoms with Crippen molar-refractivity contribution in [2.45, 2.75) is 70.8 Å². The molecule has 0 spiro atoms. The topological polar surface area (TPSA) is 20.2 Å². The van der Waals surface area contributed by atoms with E-state index in [9.17, 15) is 5.11 Å². The van der Waals surface area contributed by atoms with E-state index in [1.165, 1.54) is 36.8 Å². The van der Waals surface area contributed by atoms with Crippen LogP contribution in [-0.2, 0) is 11.8 Å². The molecule has 3 rings (SSSR count). The van der Waals surface area contributed by atoms with Gasteiger partial charge in [0.2, 0.25) is 0 Å². The van der Waals surface area contributed by atoms with Crippen molar-refractivity contribution in [3.05, 3.63) is 35.4 Å². The highest BCUT2D eigenvalue weighted by Gasteiger charge is 2.39. The lowest BCUT2D eigenvalue weighted by Crippen LogP contribution is -2.20. The van der Waals surface area contributed by atoms with Crippen LogP contribution in [0, 0.1) is 17.8 Å². The third kappa shape index (κ3) is 3.51. The zero-order valence-corrected chi connectivity index (χ0v) is 13.8. The van der Waals surface area contributed by atoms with Gasteiger partial charge in [0.1, 0.15) is 0 Å². The maximum atomic E-state index is 10.4. The van der Waals surface area contributed by atoms with Gasteiger partial charge in [-0.3, -0.25) is 0 Å². The average Bonchev–Trinajstić information content (AvgIpc) is 3.00. The van der Waals surface area contributed by atoms with Gasteiger partial charge in [-0.05, 0) is 66.4 Å². The SMILES string of the molecule is CC(C)(C)c1ccc(CC(O)CC2CC3CCC2C3)cc1. The summed E-state index contributed by atoms with van der Waals surface area (Å²) >= 11 is 0.